The van der Waals surface area contributed by atoms with Gasteiger partial charge in [0.2, 0.25) is 5.91 Å². The summed E-state index contributed by atoms with van der Waals surface area (Å²) in [5.41, 5.74) is 1.52. The Morgan fingerprint density at radius 1 is 1.07 bits per heavy atom. The number of nitrogens with one attached hydrogen (secondary N) is 1. The van der Waals surface area contributed by atoms with Gasteiger partial charge in [-0.25, -0.2) is 4.98 Å². The van der Waals surface area contributed by atoms with Gasteiger partial charge in [-0.1, -0.05) is 30.3 Å². The van der Waals surface area contributed by atoms with Crippen LogP contribution in [0.1, 0.15) is 22.0 Å². The van der Waals surface area contributed by atoms with Gasteiger partial charge in [-0.2, -0.15) is 5.11 Å². The smallest absolute Gasteiger partial charge is 0.295 e. The highest BCUT2D eigenvalue weighted by Crippen LogP contribution is 2.26. The molecule has 8 heteroatoms. The number of hydrogen-bond donors (Lipinski definition) is 1. The number of aromatic nitrogens is 2. The molecule has 3 aromatic rings. The molecule has 2 aromatic carbocycles. The number of fused-ring (bicyclic) bond motifs is 2. The van der Waals surface area contributed by atoms with E-state index in [0.717, 1.165) is 5.56 Å². The third-order valence-electron chi connectivity index (χ3n) is 4.38. The Labute approximate surface area is 153 Å². The molecule has 8 nitrogen and oxygen atoms in total. The number of carbonyl (C=O) groups is 2. The number of hydrogen-bond acceptors (Lipinski definition) is 5. The number of carbonyl (C=O) groups excluding carboxylic acids is 2. The van der Waals surface area contributed by atoms with Crippen LogP contribution in [0.15, 0.2) is 69.9 Å². The Morgan fingerprint density at radius 3 is 2.74 bits per heavy atom. The second kappa shape index (κ2) is 6.91. The normalized spacial score (nSPS) is 15.6. The van der Waals surface area contributed by atoms with Gasteiger partial charge in [0.15, 0.2) is 0 Å². The van der Waals surface area contributed by atoms with Crippen molar-refractivity contribution in [3.05, 3.63) is 76.3 Å². The van der Waals surface area contributed by atoms with Crippen LogP contribution in [-0.4, -0.2) is 27.9 Å². The zero-order valence-corrected chi connectivity index (χ0v) is 14.2. The van der Waals surface area contributed by atoms with Crippen molar-refractivity contribution in [2.45, 2.75) is 12.6 Å². The van der Waals surface area contributed by atoms with E-state index in [0.29, 0.717) is 16.5 Å². The van der Waals surface area contributed by atoms with Crippen LogP contribution in [0.5, 0.6) is 0 Å². The molecule has 0 bridgehead atoms. The van der Waals surface area contributed by atoms with Crippen LogP contribution in [0.25, 0.3) is 10.9 Å². The molecule has 134 valence electrons. The molecule has 27 heavy (non-hydrogen) atoms. The minimum absolute atomic E-state index is 0.152. The number of amides is 2. The van der Waals surface area contributed by atoms with Gasteiger partial charge in [0, 0.05) is 12.1 Å². The predicted octanol–water partition coefficient (Wildman–Crippen LogP) is 1.86. The highest BCUT2D eigenvalue weighted by atomic mass is 16.2. The van der Waals surface area contributed by atoms with Crippen molar-refractivity contribution in [3.8, 4) is 0 Å². The summed E-state index contributed by atoms with van der Waals surface area (Å²) in [6.45, 7) is 0.0312. The molecule has 2 amide bonds. The van der Waals surface area contributed by atoms with Crippen molar-refractivity contribution < 1.29 is 9.59 Å². The van der Waals surface area contributed by atoms with Gasteiger partial charge in [0.05, 0.1) is 17.2 Å². The number of azo groups is 1. The predicted molar refractivity (Wildman–Crippen MR) is 97.4 cm³/mol. The van der Waals surface area contributed by atoms with E-state index in [1.54, 1.807) is 42.5 Å². The highest BCUT2D eigenvalue weighted by Gasteiger charge is 2.23. The van der Waals surface area contributed by atoms with E-state index in [-0.39, 0.29) is 30.5 Å². The summed E-state index contributed by atoms with van der Waals surface area (Å²) in [4.78, 5) is 40.7. The summed E-state index contributed by atoms with van der Waals surface area (Å²) in [7, 11) is 0. The molecule has 1 aliphatic rings. The monoisotopic (exact) mass is 361 g/mol. The van der Waals surface area contributed by atoms with Gasteiger partial charge in [0.1, 0.15) is 12.6 Å². The fourth-order valence-corrected chi connectivity index (χ4v) is 3.01. The number of para-hydroxylation sites is 1. The van der Waals surface area contributed by atoms with Crippen LogP contribution in [0.4, 0.5) is 0 Å². The van der Waals surface area contributed by atoms with Crippen molar-refractivity contribution in [3.63, 3.8) is 0 Å². The van der Waals surface area contributed by atoms with Crippen molar-refractivity contribution in [1.29, 1.82) is 0 Å². The second-order valence-corrected chi connectivity index (χ2v) is 6.12. The maximum absolute atomic E-state index is 12.4. The van der Waals surface area contributed by atoms with Gasteiger partial charge in [0.25, 0.3) is 11.5 Å². The fraction of sp³-hybridized carbons (Fsp3) is 0.158. The zero-order valence-electron chi connectivity index (χ0n) is 14.2. The first-order valence-electron chi connectivity index (χ1n) is 8.38. The average Bonchev–Trinajstić information content (AvgIpc) is 2.70. The molecular formula is C19H15N5O3. The minimum Gasteiger partial charge on any atom is -0.352 e. The molecule has 4 rings (SSSR count). The van der Waals surface area contributed by atoms with Gasteiger partial charge in [-0.15, -0.1) is 5.11 Å². The van der Waals surface area contributed by atoms with Gasteiger partial charge in [-0.3, -0.25) is 19.0 Å². The molecule has 1 aromatic heterocycles. The van der Waals surface area contributed by atoms with Crippen LogP contribution in [-0.2, 0) is 11.3 Å². The van der Waals surface area contributed by atoms with Crippen LogP contribution < -0.4 is 10.9 Å². The second-order valence-electron chi connectivity index (χ2n) is 6.12. The first-order valence-corrected chi connectivity index (χ1v) is 8.38. The summed E-state index contributed by atoms with van der Waals surface area (Å²) in [5, 5.41) is 10.8. The van der Waals surface area contributed by atoms with E-state index in [4.69, 9.17) is 0 Å². The number of rotatable bonds is 4. The standard InChI is InChI=1S/C19H15N5O3/c25-17(10-24-11-21-15-8-4-3-7-14(15)19(24)27)20-9-16-12-5-1-2-6-13(12)18(26)23-22-16/h1-8,11,16H,9-10H2,(H,20,25). The Bertz CT molecular complexity index is 1140. The largest absolute Gasteiger partial charge is 0.352 e. The molecule has 0 radical (unpaired) electrons. The van der Waals surface area contributed by atoms with E-state index in [1.807, 2.05) is 6.07 Å². The topological polar surface area (TPSA) is 106 Å². The Balaban J connectivity index is 1.47. The number of benzene rings is 2. The van der Waals surface area contributed by atoms with Crippen LogP contribution in [0, 0.1) is 0 Å². The lowest BCUT2D eigenvalue weighted by Gasteiger charge is -2.18. The lowest BCUT2D eigenvalue weighted by Crippen LogP contribution is -2.35. The van der Waals surface area contributed by atoms with Gasteiger partial charge >= 0.3 is 0 Å². The summed E-state index contributed by atoms with van der Waals surface area (Å²) in [6, 6.07) is 13.6. The molecule has 1 aliphatic heterocycles. The van der Waals surface area contributed by atoms with Gasteiger partial charge < -0.3 is 5.32 Å². The number of nitrogens with zero attached hydrogens (tertiary/aromatic N) is 4. The molecule has 0 fully saturated rings. The highest BCUT2D eigenvalue weighted by molar-refractivity contribution is 5.97. The third kappa shape index (κ3) is 3.24. The van der Waals surface area contributed by atoms with Crippen molar-refractivity contribution in [1.82, 2.24) is 14.9 Å². The van der Waals surface area contributed by atoms with E-state index >= 15 is 0 Å². The van der Waals surface area contributed by atoms with Crippen molar-refractivity contribution in [2.24, 2.45) is 10.2 Å². The molecule has 1 atom stereocenters. The summed E-state index contributed by atoms with van der Waals surface area (Å²) in [5.74, 6) is -0.735. The quantitative estimate of drug-likeness (QED) is 0.765. The van der Waals surface area contributed by atoms with Crippen molar-refractivity contribution >= 4 is 22.7 Å². The van der Waals surface area contributed by atoms with E-state index in [2.05, 4.69) is 20.5 Å². The van der Waals surface area contributed by atoms with Crippen molar-refractivity contribution in [2.75, 3.05) is 6.54 Å². The maximum atomic E-state index is 12.4. The molecule has 0 aliphatic carbocycles. The Kier molecular flexibility index (Phi) is 4.29. The zero-order chi connectivity index (χ0) is 18.8. The SMILES string of the molecule is O=C(Cn1cnc2ccccc2c1=O)NCC1N=NC(=O)c2ccccc21. The average molecular weight is 361 g/mol. The van der Waals surface area contributed by atoms with E-state index in [9.17, 15) is 14.4 Å². The van der Waals surface area contributed by atoms with Crippen LogP contribution in [0.3, 0.4) is 0 Å². The Hall–Kier alpha value is -3.68. The molecule has 1 N–H and O–H groups in total. The third-order valence-corrected chi connectivity index (χ3v) is 4.38. The summed E-state index contributed by atoms with van der Waals surface area (Å²) >= 11 is 0. The lowest BCUT2D eigenvalue weighted by molar-refractivity contribution is -0.121. The van der Waals surface area contributed by atoms with E-state index in [1.165, 1.54) is 10.9 Å². The molecule has 0 saturated heterocycles. The first kappa shape index (κ1) is 16.8. The fourth-order valence-electron chi connectivity index (χ4n) is 3.01. The summed E-state index contributed by atoms with van der Waals surface area (Å²) in [6.07, 6.45) is 1.36. The van der Waals surface area contributed by atoms with E-state index < -0.39 is 6.04 Å². The summed E-state index contributed by atoms with van der Waals surface area (Å²) < 4.78 is 1.26. The minimum atomic E-state index is -0.436. The van der Waals surface area contributed by atoms with Crippen LogP contribution >= 0.6 is 0 Å². The lowest BCUT2D eigenvalue weighted by atomic mass is 9.99. The van der Waals surface area contributed by atoms with Gasteiger partial charge in [-0.05, 0) is 23.8 Å². The first-order chi connectivity index (χ1) is 13.1. The van der Waals surface area contributed by atoms with Crippen LogP contribution in [0.2, 0.25) is 0 Å². The maximum Gasteiger partial charge on any atom is 0.295 e. The Morgan fingerprint density at radius 2 is 1.85 bits per heavy atom. The molecular weight excluding hydrogens is 346 g/mol. The molecule has 0 spiro atoms. The molecule has 0 saturated carbocycles. The molecule has 1 unspecified atom stereocenters. The molecule has 2 heterocycles.